The fraction of sp³-hybridized carbons (Fsp3) is 0.208. The van der Waals surface area contributed by atoms with Crippen molar-refractivity contribution in [3.05, 3.63) is 83.7 Å². The molecule has 1 aliphatic heterocycles. The van der Waals surface area contributed by atoms with Gasteiger partial charge in [-0.25, -0.2) is 21.6 Å². The zero-order valence-electron chi connectivity index (χ0n) is 18.5. The first-order valence-electron chi connectivity index (χ1n) is 10.5. The number of nitrogens with zero attached hydrogens (tertiary/aromatic N) is 1. The number of fused-ring (bicyclic) bond motifs is 1. The highest BCUT2D eigenvalue weighted by molar-refractivity contribution is 7.92. The predicted octanol–water partition coefficient (Wildman–Crippen LogP) is 3.89. The van der Waals surface area contributed by atoms with Gasteiger partial charge in [-0.2, -0.15) is 0 Å². The highest BCUT2D eigenvalue weighted by Gasteiger charge is 2.35. The van der Waals surface area contributed by atoms with Crippen LogP contribution >= 0.6 is 0 Å². The van der Waals surface area contributed by atoms with Gasteiger partial charge in [-0.1, -0.05) is 12.1 Å². The van der Waals surface area contributed by atoms with Crippen molar-refractivity contribution in [2.24, 2.45) is 0 Å². The fourth-order valence-corrected chi connectivity index (χ4v) is 5.16. The Balaban J connectivity index is 1.65. The lowest BCUT2D eigenvalue weighted by atomic mass is 10.1. The average Bonchev–Trinajstić information content (AvgIpc) is 2.82. The van der Waals surface area contributed by atoms with Crippen LogP contribution in [0.4, 0.5) is 24.5 Å². The zero-order chi connectivity index (χ0) is 25.2. The molecule has 35 heavy (non-hydrogen) atoms. The quantitative estimate of drug-likeness (QED) is 0.526. The Hall–Kier alpha value is -3.57. The maximum atomic E-state index is 13.8. The number of benzene rings is 3. The number of ether oxygens (including phenoxy) is 2. The standard InChI is InChI=1S/C24H21F3N2O5S/c1-33-14-18-13-29(35(31,32)19-7-8-20(26)21(27)12-19)22-11-17(6-9-23(22)34-18)28-24(30)10-15-2-4-16(25)5-3-15/h2-9,11-12,18H,10,13-14H2,1H3,(H,28,30). The molecule has 1 unspecified atom stereocenters. The number of methoxy groups -OCH3 is 1. The number of nitrogens with one attached hydrogen (secondary N) is 1. The average molecular weight is 507 g/mol. The topological polar surface area (TPSA) is 84.9 Å². The molecule has 11 heteroatoms. The molecule has 0 saturated heterocycles. The Kier molecular flexibility index (Phi) is 6.99. The van der Waals surface area contributed by atoms with Crippen molar-refractivity contribution < 1.29 is 35.9 Å². The Morgan fingerprint density at radius 2 is 1.80 bits per heavy atom. The van der Waals surface area contributed by atoms with Crippen LogP contribution in [0.3, 0.4) is 0 Å². The molecular weight excluding hydrogens is 485 g/mol. The predicted molar refractivity (Wildman–Crippen MR) is 122 cm³/mol. The summed E-state index contributed by atoms with van der Waals surface area (Å²) in [5.74, 6) is -3.08. The van der Waals surface area contributed by atoms with Gasteiger partial charge in [-0.3, -0.25) is 9.10 Å². The molecule has 0 saturated carbocycles. The van der Waals surface area contributed by atoms with Crippen LogP contribution in [0.2, 0.25) is 0 Å². The summed E-state index contributed by atoms with van der Waals surface area (Å²) in [5, 5.41) is 2.68. The molecule has 0 spiro atoms. The van der Waals surface area contributed by atoms with Gasteiger partial charge in [0.15, 0.2) is 11.6 Å². The van der Waals surface area contributed by atoms with Crippen molar-refractivity contribution in [3.8, 4) is 5.75 Å². The van der Waals surface area contributed by atoms with Gasteiger partial charge in [-0.15, -0.1) is 0 Å². The van der Waals surface area contributed by atoms with E-state index in [4.69, 9.17) is 9.47 Å². The SMILES string of the molecule is COCC1CN(S(=O)(=O)c2ccc(F)c(F)c2)c2cc(NC(=O)Cc3ccc(F)cc3)ccc2O1. The van der Waals surface area contributed by atoms with Crippen LogP contribution in [-0.2, 0) is 26.0 Å². The molecular formula is C24H21F3N2O5S. The van der Waals surface area contributed by atoms with E-state index in [1.807, 2.05) is 0 Å². The molecule has 7 nitrogen and oxygen atoms in total. The Labute approximate surface area is 200 Å². The molecule has 184 valence electrons. The molecule has 0 aromatic heterocycles. The number of rotatable bonds is 7. The van der Waals surface area contributed by atoms with E-state index in [0.717, 1.165) is 16.4 Å². The molecule has 3 aromatic rings. The van der Waals surface area contributed by atoms with Crippen molar-refractivity contribution >= 4 is 27.3 Å². The van der Waals surface area contributed by atoms with Gasteiger partial charge >= 0.3 is 0 Å². The van der Waals surface area contributed by atoms with E-state index in [9.17, 15) is 26.4 Å². The first-order valence-corrected chi connectivity index (χ1v) is 11.9. The smallest absolute Gasteiger partial charge is 0.264 e. The minimum absolute atomic E-state index is 0.0271. The number of carbonyl (C=O) groups excluding carboxylic acids is 1. The second-order valence-electron chi connectivity index (χ2n) is 7.84. The molecule has 1 atom stereocenters. The van der Waals surface area contributed by atoms with E-state index in [1.165, 1.54) is 43.5 Å². The molecule has 1 N–H and O–H groups in total. The fourth-order valence-electron chi connectivity index (χ4n) is 3.65. The zero-order valence-corrected chi connectivity index (χ0v) is 19.3. The molecule has 0 radical (unpaired) electrons. The first-order chi connectivity index (χ1) is 16.7. The molecule has 1 aliphatic rings. The van der Waals surface area contributed by atoms with Gasteiger partial charge < -0.3 is 14.8 Å². The van der Waals surface area contributed by atoms with Crippen LogP contribution in [0.25, 0.3) is 0 Å². The van der Waals surface area contributed by atoms with Crippen LogP contribution in [0.1, 0.15) is 5.56 Å². The second kappa shape index (κ2) is 9.96. The second-order valence-corrected chi connectivity index (χ2v) is 9.70. The number of amides is 1. The molecule has 3 aromatic carbocycles. The summed E-state index contributed by atoms with van der Waals surface area (Å²) in [6, 6.07) is 12.2. The van der Waals surface area contributed by atoms with E-state index in [0.29, 0.717) is 11.6 Å². The summed E-state index contributed by atoms with van der Waals surface area (Å²) in [6.07, 6.45) is -0.688. The Bertz CT molecular complexity index is 1350. The summed E-state index contributed by atoms with van der Waals surface area (Å²) < 4.78 is 79.0. The van der Waals surface area contributed by atoms with Gasteiger partial charge in [0.2, 0.25) is 5.91 Å². The van der Waals surface area contributed by atoms with E-state index in [-0.39, 0.29) is 36.7 Å². The van der Waals surface area contributed by atoms with Gasteiger partial charge in [0.05, 0.1) is 30.2 Å². The third-order valence-corrected chi connectivity index (χ3v) is 7.06. The summed E-state index contributed by atoms with van der Waals surface area (Å²) in [7, 11) is -2.88. The number of hydrogen-bond donors (Lipinski definition) is 1. The minimum Gasteiger partial charge on any atom is -0.484 e. The minimum atomic E-state index is -4.32. The normalized spacial score (nSPS) is 15.3. The Morgan fingerprint density at radius 3 is 2.49 bits per heavy atom. The summed E-state index contributed by atoms with van der Waals surface area (Å²) in [5.41, 5.74) is 0.993. The van der Waals surface area contributed by atoms with Crippen molar-refractivity contribution in [3.63, 3.8) is 0 Å². The van der Waals surface area contributed by atoms with Crippen LogP contribution in [-0.4, -0.2) is 40.7 Å². The monoisotopic (exact) mass is 506 g/mol. The van der Waals surface area contributed by atoms with Crippen LogP contribution in [0.15, 0.2) is 65.6 Å². The van der Waals surface area contributed by atoms with Crippen molar-refractivity contribution in [1.82, 2.24) is 0 Å². The van der Waals surface area contributed by atoms with Crippen LogP contribution in [0, 0.1) is 17.5 Å². The summed E-state index contributed by atoms with van der Waals surface area (Å²) in [6.45, 7) is -0.0749. The third-order valence-electron chi connectivity index (χ3n) is 5.28. The number of sulfonamides is 1. The molecule has 1 amide bonds. The third kappa shape index (κ3) is 5.41. The van der Waals surface area contributed by atoms with Gasteiger partial charge in [0.1, 0.15) is 17.7 Å². The van der Waals surface area contributed by atoms with E-state index < -0.39 is 44.4 Å². The highest BCUT2D eigenvalue weighted by Crippen LogP contribution is 2.39. The highest BCUT2D eigenvalue weighted by atomic mass is 32.2. The largest absolute Gasteiger partial charge is 0.484 e. The number of halogens is 3. The molecule has 4 rings (SSSR count). The Morgan fingerprint density at radius 1 is 1.06 bits per heavy atom. The molecule has 0 aliphatic carbocycles. The van der Waals surface area contributed by atoms with Crippen molar-refractivity contribution in [2.45, 2.75) is 17.4 Å². The number of carbonyl (C=O) groups is 1. The van der Waals surface area contributed by atoms with Crippen molar-refractivity contribution in [1.29, 1.82) is 0 Å². The molecule has 1 heterocycles. The lowest BCUT2D eigenvalue weighted by Gasteiger charge is -2.35. The van der Waals surface area contributed by atoms with Gasteiger partial charge in [0, 0.05) is 12.8 Å². The lowest BCUT2D eigenvalue weighted by Crippen LogP contribution is -2.45. The van der Waals surface area contributed by atoms with Crippen LogP contribution < -0.4 is 14.4 Å². The maximum absolute atomic E-state index is 13.8. The summed E-state index contributed by atoms with van der Waals surface area (Å²) in [4.78, 5) is 12.0. The molecule has 0 bridgehead atoms. The van der Waals surface area contributed by atoms with E-state index >= 15 is 0 Å². The van der Waals surface area contributed by atoms with Gasteiger partial charge in [0.25, 0.3) is 10.0 Å². The van der Waals surface area contributed by atoms with E-state index in [2.05, 4.69) is 5.32 Å². The van der Waals surface area contributed by atoms with Crippen molar-refractivity contribution in [2.75, 3.05) is 29.9 Å². The summed E-state index contributed by atoms with van der Waals surface area (Å²) >= 11 is 0. The van der Waals surface area contributed by atoms with Crippen LogP contribution in [0.5, 0.6) is 5.75 Å². The van der Waals surface area contributed by atoms with Gasteiger partial charge in [-0.05, 0) is 54.1 Å². The van der Waals surface area contributed by atoms with E-state index in [1.54, 1.807) is 6.07 Å². The lowest BCUT2D eigenvalue weighted by molar-refractivity contribution is -0.115. The maximum Gasteiger partial charge on any atom is 0.264 e. The molecule has 0 fully saturated rings. The number of anilines is 2. The number of hydrogen-bond acceptors (Lipinski definition) is 5. The first kappa shape index (κ1) is 24.6.